The molecule has 0 unspecified atom stereocenters. The summed E-state index contributed by atoms with van der Waals surface area (Å²) in [6.07, 6.45) is 0.693. The first kappa shape index (κ1) is 20.0. The molecule has 0 radical (unpaired) electrons. The van der Waals surface area contributed by atoms with E-state index >= 15 is 0 Å². The van der Waals surface area contributed by atoms with E-state index in [0.29, 0.717) is 36.3 Å². The summed E-state index contributed by atoms with van der Waals surface area (Å²) in [6, 6.07) is 6.75. The minimum atomic E-state index is -0.439. The van der Waals surface area contributed by atoms with Crippen molar-refractivity contribution in [2.45, 2.75) is 26.3 Å². The molecule has 0 spiro atoms. The Kier molecular flexibility index (Phi) is 9.42. The summed E-state index contributed by atoms with van der Waals surface area (Å²) in [7, 11) is 1.74. The lowest BCUT2D eigenvalue weighted by molar-refractivity contribution is -0.131. The third kappa shape index (κ3) is 7.55. The fourth-order valence-electron chi connectivity index (χ4n) is 1.86. The number of carbonyl (C=O) groups excluding carboxylic acids is 1. The first-order valence-electron chi connectivity index (χ1n) is 6.79. The van der Waals surface area contributed by atoms with Crippen LogP contribution in [0.15, 0.2) is 24.3 Å². The number of amides is 1. The zero-order valence-electron chi connectivity index (χ0n) is 12.7. The SMILES string of the molecule is CC(C)C[C@H](N)C(=O)N(C)CCOc1cccc(Cl)c1.Cl. The number of ether oxygens (including phenoxy) is 1. The lowest BCUT2D eigenvalue weighted by atomic mass is 10.0. The molecule has 1 aromatic rings. The zero-order chi connectivity index (χ0) is 15.1. The van der Waals surface area contributed by atoms with Gasteiger partial charge in [-0.25, -0.2) is 0 Å². The van der Waals surface area contributed by atoms with Crippen LogP contribution in [0.4, 0.5) is 0 Å². The van der Waals surface area contributed by atoms with Gasteiger partial charge in [-0.15, -0.1) is 12.4 Å². The number of nitrogens with two attached hydrogens (primary N) is 1. The molecule has 6 heteroatoms. The quantitative estimate of drug-likeness (QED) is 0.833. The summed E-state index contributed by atoms with van der Waals surface area (Å²) >= 11 is 5.87. The van der Waals surface area contributed by atoms with E-state index in [4.69, 9.17) is 22.1 Å². The van der Waals surface area contributed by atoms with Crippen LogP contribution in [0, 0.1) is 5.92 Å². The van der Waals surface area contributed by atoms with Crippen molar-refractivity contribution in [2.24, 2.45) is 11.7 Å². The van der Waals surface area contributed by atoms with Crippen molar-refractivity contribution in [1.29, 1.82) is 0 Å². The second-order valence-corrected chi connectivity index (χ2v) is 5.74. The molecule has 21 heavy (non-hydrogen) atoms. The van der Waals surface area contributed by atoms with Crippen LogP contribution in [0.5, 0.6) is 5.75 Å². The van der Waals surface area contributed by atoms with E-state index in [1.807, 2.05) is 12.1 Å². The van der Waals surface area contributed by atoms with Gasteiger partial charge in [0.05, 0.1) is 12.6 Å². The molecule has 0 saturated heterocycles. The molecule has 0 heterocycles. The van der Waals surface area contributed by atoms with Gasteiger partial charge in [0.1, 0.15) is 12.4 Å². The van der Waals surface area contributed by atoms with Crippen molar-refractivity contribution in [2.75, 3.05) is 20.2 Å². The molecule has 0 saturated carbocycles. The Balaban J connectivity index is 0.00000400. The second kappa shape index (κ2) is 9.87. The van der Waals surface area contributed by atoms with E-state index in [2.05, 4.69) is 13.8 Å². The number of nitrogens with zero attached hydrogens (tertiary/aromatic N) is 1. The highest BCUT2D eigenvalue weighted by molar-refractivity contribution is 6.30. The van der Waals surface area contributed by atoms with Crippen molar-refractivity contribution in [3.63, 3.8) is 0 Å². The molecule has 1 atom stereocenters. The maximum atomic E-state index is 12.0. The lowest BCUT2D eigenvalue weighted by Gasteiger charge is -2.22. The molecule has 4 nitrogen and oxygen atoms in total. The van der Waals surface area contributed by atoms with Gasteiger partial charge < -0.3 is 15.4 Å². The molecular weight excluding hydrogens is 311 g/mol. The summed E-state index contributed by atoms with van der Waals surface area (Å²) < 4.78 is 5.55. The average Bonchev–Trinajstić information content (AvgIpc) is 2.37. The van der Waals surface area contributed by atoms with Gasteiger partial charge in [0.25, 0.3) is 0 Å². The number of rotatable bonds is 7. The van der Waals surface area contributed by atoms with E-state index < -0.39 is 6.04 Å². The van der Waals surface area contributed by atoms with Crippen molar-refractivity contribution in [1.82, 2.24) is 4.90 Å². The number of benzene rings is 1. The van der Waals surface area contributed by atoms with Gasteiger partial charge in [-0.05, 0) is 30.5 Å². The molecular formula is C15H24Cl2N2O2. The standard InChI is InChI=1S/C15H23ClN2O2.ClH/c1-11(2)9-14(17)15(19)18(3)7-8-20-13-6-4-5-12(16)10-13;/h4-6,10-11,14H,7-9,17H2,1-3H3;1H/t14-;/m0./s1. The Morgan fingerprint density at radius 2 is 2.10 bits per heavy atom. The predicted octanol–water partition coefficient (Wildman–Crippen LogP) is 2.97. The largest absolute Gasteiger partial charge is 0.492 e. The van der Waals surface area contributed by atoms with Gasteiger partial charge in [-0.2, -0.15) is 0 Å². The van der Waals surface area contributed by atoms with E-state index in [1.165, 1.54) is 0 Å². The molecule has 120 valence electrons. The summed E-state index contributed by atoms with van der Waals surface area (Å²) in [5, 5.41) is 0.630. The van der Waals surface area contributed by atoms with Crippen LogP contribution >= 0.6 is 24.0 Å². The number of likely N-dealkylation sites (N-methyl/N-ethyl adjacent to an activating group) is 1. The maximum absolute atomic E-state index is 12.0. The zero-order valence-corrected chi connectivity index (χ0v) is 14.3. The summed E-state index contributed by atoms with van der Waals surface area (Å²) in [6.45, 7) is 5.01. The van der Waals surface area contributed by atoms with Gasteiger partial charge in [0.15, 0.2) is 0 Å². The molecule has 0 fully saturated rings. The molecule has 2 N–H and O–H groups in total. The molecule has 0 aliphatic carbocycles. The Bertz CT molecular complexity index is 441. The van der Waals surface area contributed by atoms with Gasteiger partial charge >= 0.3 is 0 Å². The highest BCUT2D eigenvalue weighted by Gasteiger charge is 2.18. The highest BCUT2D eigenvalue weighted by atomic mass is 35.5. The van der Waals surface area contributed by atoms with E-state index in [9.17, 15) is 4.79 Å². The van der Waals surface area contributed by atoms with Crippen molar-refractivity contribution in [3.8, 4) is 5.75 Å². The maximum Gasteiger partial charge on any atom is 0.239 e. The van der Waals surface area contributed by atoms with Crippen LogP contribution in [0.3, 0.4) is 0 Å². The third-order valence-electron chi connectivity index (χ3n) is 2.91. The van der Waals surface area contributed by atoms with E-state index in [0.717, 1.165) is 0 Å². The van der Waals surface area contributed by atoms with Crippen molar-refractivity contribution in [3.05, 3.63) is 29.3 Å². The third-order valence-corrected chi connectivity index (χ3v) is 3.15. The molecule has 0 bridgehead atoms. The van der Waals surface area contributed by atoms with Gasteiger partial charge in [-0.3, -0.25) is 4.79 Å². The number of halogens is 2. The first-order valence-corrected chi connectivity index (χ1v) is 7.17. The fourth-order valence-corrected chi connectivity index (χ4v) is 2.04. The van der Waals surface area contributed by atoms with Crippen LogP contribution in [-0.4, -0.2) is 37.0 Å². The minimum absolute atomic E-state index is 0. The molecule has 0 aromatic heterocycles. The molecule has 1 amide bonds. The summed E-state index contributed by atoms with van der Waals surface area (Å²) in [5.74, 6) is 1.06. The van der Waals surface area contributed by atoms with E-state index in [1.54, 1.807) is 24.1 Å². The Labute approximate surface area is 138 Å². The van der Waals surface area contributed by atoms with Gasteiger partial charge in [-0.1, -0.05) is 31.5 Å². The number of carbonyl (C=O) groups is 1. The van der Waals surface area contributed by atoms with Crippen LogP contribution < -0.4 is 10.5 Å². The van der Waals surface area contributed by atoms with Crippen LogP contribution in [0.1, 0.15) is 20.3 Å². The second-order valence-electron chi connectivity index (χ2n) is 5.30. The predicted molar refractivity (Wildman–Crippen MR) is 89.3 cm³/mol. The Morgan fingerprint density at radius 1 is 1.43 bits per heavy atom. The first-order chi connectivity index (χ1) is 9.40. The lowest BCUT2D eigenvalue weighted by Crippen LogP contribution is -2.43. The topological polar surface area (TPSA) is 55.6 Å². The van der Waals surface area contributed by atoms with Crippen LogP contribution in [0.25, 0.3) is 0 Å². The van der Waals surface area contributed by atoms with Crippen LogP contribution in [-0.2, 0) is 4.79 Å². The summed E-state index contributed by atoms with van der Waals surface area (Å²) in [5.41, 5.74) is 5.87. The average molecular weight is 335 g/mol. The number of hydrogen-bond donors (Lipinski definition) is 1. The van der Waals surface area contributed by atoms with Crippen molar-refractivity contribution < 1.29 is 9.53 Å². The fraction of sp³-hybridized carbons (Fsp3) is 0.533. The van der Waals surface area contributed by atoms with Gasteiger partial charge in [0.2, 0.25) is 5.91 Å². The molecule has 1 aromatic carbocycles. The van der Waals surface area contributed by atoms with E-state index in [-0.39, 0.29) is 18.3 Å². The Hall–Kier alpha value is -0.970. The normalized spacial score (nSPS) is 11.7. The highest BCUT2D eigenvalue weighted by Crippen LogP contribution is 2.16. The molecule has 0 aliphatic heterocycles. The monoisotopic (exact) mass is 334 g/mol. The smallest absolute Gasteiger partial charge is 0.239 e. The van der Waals surface area contributed by atoms with Crippen molar-refractivity contribution >= 4 is 29.9 Å². The minimum Gasteiger partial charge on any atom is -0.492 e. The van der Waals surface area contributed by atoms with Crippen LogP contribution in [0.2, 0.25) is 5.02 Å². The number of hydrogen-bond acceptors (Lipinski definition) is 3. The molecule has 1 rings (SSSR count). The van der Waals surface area contributed by atoms with Gasteiger partial charge in [0, 0.05) is 12.1 Å². The molecule has 0 aliphatic rings. The Morgan fingerprint density at radius 3 is 2.67 bits per heavy atom. The summed E-state index contributed by atoms with van der Waals surface area (Å²) in [4.78, 5) is 13.6.